The molecule has 1 heterocycles. The van der Waals surface area contributed by atoms with Crippen molar-refractivity contribution in [2.24, 2.45) is 0 Å². The van der Waals surface area contributed by atoms with Crippen LogP contribution in [-0.4, -0.2) is 42.3 Å². The van der Waals surface area contributed by atoms with Gasteiger partial charge < -0.3 is 14.6 Å². The molecule has 6 heteroatoms. The van der Waals surface area contributed by atoms with E-state index in [0.29, 0.717) is 31.1 Å². The van der Waals surface area contributed by atoms with Crippen LogP contribution >= 0.6 is 0 Å². The molecule has 3 rings (SSSR count). The Balaban J connectivity index is 2.08. The number of nitrogens with zero attached hydrogens (tertiary/aromatic N) is 1. The number of aliphatic carboxylic acids is 1. The summed E-state index contributed by atoms with van der Waals surface area (Å²) in [6.07, 6.45) is 1.37. The van der Waals surface area contributed by atoms with Gasteiger partial charge in [-0.25, -0.2) is 4.39 Å². The summed E-state index contributed by atoms with van der Waals surface area (Å²) in [7, 11) is 1.56. The molecule has 0 saturated carbocycles. The SMILES string of the molecule is CCOc1ccc(C(c2cccc(F)c2)N2CCCC2C(=O)O)cc1OC. The molecule has 0 aliphatic carbocycles. The number of likely N-dealkylation sites (tertiary alicyclic amines) is 1. The van der Waals surface area contributed by atoms with Gasteiger partial charge in [-0.1, -0.05) is 18.2 Å². The summed E-state index contributed by atoms with van der Waals surface area (Å²) in [4.78, 5) is 13.7. The van der Waals surface area contributed by atoms with Crippen LogP contribution in [0.25, 0.3) is 0 Å². The lowest BCUT2D eigenvalue weighted by Gasteiger charge is -2.32. The van der Waals surface area contributed by atoms with E-state index in [-0.39, 0.29) is 11.9 Å². The number of rotatable bonds is 7. The number of ether oxygens (including phenoxy) is 2. The number of carbonyl (C=O) groups is 1. The predicted octanol–water partition coefficient (Wildman–Crippen LogP) is 3.87. The van der Waals surface area contributed by atoms with Crippen molar-refractivity contribution in [1.82, 2.24) is 4.90 Å². The molecule has 2 atom stereocenters. The third kappa shape index (κ3) is 4.06. The predicted molar refractivity (Wildman–Crippen MR) is 99.8 cm³/mol. The van der Waals surface area contributed by atoms with Gasteiger partial charge in [-0.15, -0.1) is 0 Å². The first kappa shape index (κ1) is 19.2. The first-order chi connectivity index (χ1) is 13.0. The Labute approximate surface area is 158 Å². The van der Waals surface area contributed by atoms with Gasteiger partial charge in [-0.05, 0) is 55.2 Å². The van der Waals surface area contributed by atoms with Crippen molar-refractivity contribution in [3.63, 3.8) is 0 Å². The van der Waals surface area contributed by atoms with E-state index in [4.69, 9.17) is 9.47 Å². The fraction of sp³-hybridized carbons (Fsp3) is 0.381. The Morgan fingerprint density at radius 3 is 2.70 bits per heavy atom. The molecule has 5 nitrogen and oxygen atoms in total. The quantitative estimate of drug-likeness (QED) is 0.798. The van der Waals surface area contributed by atoms with Crippen molar-refractivity contribution in [3.8, 4) is 11.5 Å². The van der Waals surface area contributed by atoms with Gasteiger partial charge in [-0.2, -0.15) is 0 Å². The molecule has 0 aromatic heterocycles. The van der Waals surface area contributed by atoms with Crippen molar-refractivity contribution in [2.45, 2.75) is 31.8 Å². The zero-order valence-corrected chi connectivity index (χ0v) is 15.5. The van der Waals surface area contributed by atoms with Crippen LogP contribution in [0.3, 0.4) is 0 Å². The largest absolute Gasteiger partial charge is 0.493 e. The summed E-state index contributed by atoms with van der Waals surface area (Å²) < 4.78 is 24.9. The summed E-state index contributed by atoms with van der Waals surface area (Å²) in [5, 5.41) is 9.64. The molecule has 0 bridgehead atoms. The van der Waals surface area contributed by atoms with E-state index in [0.717, 1.165) is 17.5 Å². The number of carboxylic acid groups (broad SMARTS) is 1. The first-order valence-electron chi connectivity index (χ1n) is 9.10. The fourth-order valence-corrected chi connectivity index (χ4v) is 3.74. The smallest absolute Gasteiger partial charge is 0.320 e. The van der Waals surface area contributed by atoms with Crippen LogP contribution in [0.2, 0.25) is 0 Å². The fourth-order valence-electron chi connectivity index (χ4n) is 3.74. The average molecular weight is 373 g/mol. The number of methoxy groups -OCH3 is 1. The molecule has 1 aliphatic heterocycles. The number of benzene rings is 2. The molecule has 2 unspecified atom stereocenters. The summed E-state index contributed by atoms with van der Waals surface area (Å²) in [5.74, 6) is -0.00643. The maximum Gasteiger partial charge on any atom is 0.320 e. The lowest BCUT2D eigenvalue weighted by atomic mass is 9.95. The lowest BCUT2D eigenvalue weighted by Crippen LogP contribution is -2.39. The monoisotopic (exact) mass is 373 g/mol. The van der Waals surface area contributed by atoms with E-state index < -0.39 is 12.0 Å². The highest BCUT2D eigenvalue weighted by Crippen LogP contribution is 2.38. The van der Waals surface area contributed by atoms with Crippen LogP contribution in [0.15, 0.2) is 42.5 Å². The van der Waals surface area contributed by atoms with E-state index in [2.05, 4.69) is 0 Å². The van der Waals surface area contributed by atoms with Crippen molar-refractivity contribution in [1.29, 1.82) is 0 Å². The van der Waals surface area contributed by atoms with E-state index in [1.54, 1.807) is 13.2 Å². The van der Waals surface area contributed by atoms with Gasteiger partial charge in [0.25, 0.3) is 0 Å². The molecule has 1 fully saturated rings. The van der Waals surface area contributed by atoms with Gasteiger partial charge in [0.2, 0.25) is 0 Å². The van der Waals surface area contributed by atoms with E-state index in [1.807, 2.05) is 36.1 Å². The second-order valence-corrected chi connectivity index (χ2v) is 6.53. The summed E-state index contributed by atoms with van der Waals surface area (Å²) in [6, 6.07) is 10.9. The van der Waals surface area contributed by atoms with E-state index >= 15 is 0 Å². The molecule has 0 amide bonds. The Morgan fingerprint density at radius 2 is 2.04 bits per heavy atom. The summed E-state index contributed by atoms with van der Waals surface area (Å²) >= 11 is 0. The normalized spacial score (nSPS) is 18.3. The van der Waals surface area contributed by atoms with Crippen LogP contribution in [0.5, 0.6) is 11.5 Å². The Morgan fingerprint density at radius 1 is 1.26 bits per heavy atom. The second-order valence-electron chi connectivity index (χ2n) is 6.53. The first-order valence-corrected chi connectivity index (χ1v) is 9.10. The van der Waals surface area contributed by atoms with Crippen LogP contribution in [0, 0.1) is 5.82 Å². The molecule has 144 valence electrons. The van der Waals surface area contributed by atoms with Crippen LogP contribution in [-0.2, 0) is 4.79 Å². The highest BCUT2D eigenvalue weighted by molar-refractivity contribution is 5.74. The topological polar surface area (TPSA) is 59.0 Å². The summed E-state index contributed by atoms with van der Waals surface area (Å²) in [5.41, 5.74) is 1.56. The zero-order chi connectivity index (χ0) is 19.4. The maximum absolute atomic E-state index is 13.9. The van der Waals surface area contributed by atoms with Gasteiger partial charge in [0.05, 0.1) is 19.8 Å². The Kier molecular flexibility index (Phi) is 5.96. The van der Waals surface area contributed by atoms with Crippen molar-refractivity contribution >= 4 is 5.97 Å². The standard InChI is InChI=1S/C21H24FNO4/c1-3-27-18-10-9-15(13-19(18)26-2)20(14-6-4-7-16(22)12-14)23-11-5-8-17(23)21(24)25/h4,6-7,9-10,12-13,17,20H,3,5,8,11H2,1-2H3,(H,24,25). The average Bonchev–Trinajstić information content (AvgIpc) is 3.13. The maximum atomic E-state index is 13.9. The van der Waals surface area contributed by atoms with Crippen LogP contribution < -0.4 is 9.47 Å². The Hall–Kier alpha value is -2.60. The molecule has 27 heavy (non-hydrogen) atoms. The Bertz CT molecular complexity index is 811. The minimum atomic E-state index is -0.855. The van der Waals surface area contributed by atoms with Crippen molar-refractivity contribution in [3.05, 3.63) is 59.4 Å². The molecular formula is C21H24FNO4. The summed E-state index contributed by atoms with van der Waals surface area (Å²) in [6.45, 7) is 3.04. The van der Waals surface area contributed by atoms with Gasteiger partial charge >= 0.3 is 5.97 Å². The number of hydrogen-bond donors (Lipinski definition) is 1. The van der Waals surface area contributed by atoms with Crippen molar-refractivity contribution < 1.29 is 23.8 Å². The van der Waals surface area contributed by atoms with Gasteiger partial charge in [0.15, 0.2) is 11.5 Å². The van der Waals surface area contributed by atoms with Gasteiger partial charge in [0.1, 0.15) is 11.9 Å². The van der Waals surface area contributed by atoms with Gasteiger partial charge in [0, 0.05) is 6.54 Å². The van der Waals surface area contributed by atoms with E-state index in [1.165, 1.54) is 12.1 Å². The molecule has 1 saturated heterocycles. The number of carboxylic acids is 1. The van der Waals surface area contributed by atoms with Gasteiger partial charge in [-0.3, -0.25) is 9.69 Å². The highest BCUT2D eigenvalue weighted by atomic mass is 19.1. The molecule has 2 aromatic carbocycles. The molecule has 2 aromatic rings. The third-order valence-corrected chi connectivity index (χ3v) is 4.88. The van der Waals surface area contributed by atoms with Crippen LogP contribution in [0.1, 0.15) is 36.9 Å². The number of hydrogen-bond acceptors (Lipinski definition) is 4. The minimum Gasteiger partial charge on any atom is -0.493 e. The molecule has 1 N–H and O–H groups in total. The number of halogens is 1. The van der Waals surface area contributed by atoms with Crippen molar-refractivity contribution in [2.75, 3.05) is 20.3 Å². The van der Waals surface area contributed by atoms with Crippen LogP contribution in [0.4, 0.5) is 4.39 Å². The molecule has 0 radical (unpaired) electrons. The highest BCUT2D eigenvalue weighted by Gasteiger charge is 2.37. The molecule has 0 spiro atoms. The second kappa shape index (κ2) is 8.39. The molecule has 1 aliphatic rings. The third-order valence-electron chi connectivity index (χ3n) is 4.88. The zero-order valence-electron chi connectivity index (χ0n) is 15.5. The molecular weight excluding hydrogens is 349 g/mol. The lowest BCUT2D eigenvalue weighted by molar-refractivity contribution is -0.142. The minimum absolute atomic E-state index is 0.346. The van der Waals surface area contributed by atoms with E-state index in [9.17, 15) is 14.3 Å².